The Labute approximate surface area is 126 Å². The van der Waals surface area contributed by atoms with Crippen molar-refractivity contribution >= 4 is 21.2 Å². The van der Waals surface area contributed by atoms with Gasteiger partial charge < -0.3 is 5.32 Å². The predicted molar refractivity (Wildman–Crippen MR) is 86.2 cm³/mol. The summed E-state index contributed by atoms with van der Waals surface area (Å²) < 4.78 is 24.8. The van der Waals surface area contributed by atoms with E-state index in [1.807, 2.05) is 0 Å². The van der Waals surface area contributed by atoms with Gasteiger partial charge in [-0.15, -0.1) is 11.3 Å². The second-order valence-electron chi connectivity index (χ2n) is 5.49. The lowest BCUT2D eigenvalue weighted by Crippen LogP contribution is -2.40. The van der Waals surface area contributed by atoms with E-state index in [2.05, 4.69) is 31.3 Å². The third kappa shape index (κ3) is 3.62. The average Bonchev–Trinajstić information content (AvgIpc) is 2.89. The number of sulfone groups is 1. The highest BCUT2D eigenvalue weighted by Crippen LogP contribution is 2.34. The van der Waals surface area contributed by atoms with Gasteiger partial charge in [0.15, 0.2) is 9.84 Å². The Balaban J connectivity index is 2.26. The molecule has 1 aliphatic heterocycles. The molecule has 2 rings (SSSR count). The van der Waals surface area contributed by atoms with Gasteiger partial charge in [0.2, 0.25) is 0 Å². The van der Waals surface area contributed by atoms with Crippen molar-refractivity contribution in [3.05, 3.63) is 21.9 Å². The molecule has 0 saturated carbocycles. The third-order valence-corrected chi connectivity index (χ3v) is 7.55. The first-order valence-electron chi connectivity index (χ1n) is 7.62. The summed E-state index contributed by atoms with van der Waals surface area (Å²) in [5, 5.41) is 3.24. The molecule has 1 aliphatic rings. The van der Waals surface area contributed by atoms with E-state index in [0.717, 1.165) is 38.6 Å². The highest BCUT2D eigenvalue weighted by atomic mass is 32.2. The molecule has 5 heteroatoms. The van der Waals surface area contributed by atoms with Crippen molar-refractivity contribution in [2.75, 3.05) is 12.3 Å². The van der Waals surface area contributed by atoms with Crippen LogP contribution in [0.1, 0.15) is 55.3 Å². The van der Waals surface area contributed by atoms with Crippen LogP contribution in [-0.2, 0) is 16.3 Å². The van der Waals surface area contributed by atoms with Gasteiger partial charge in [0, 0.05) is 9.75 Å². The van der Waals surface area contributed by atoms with E-state index in [-0.39, 0.29) is 11.3 Å². The molecule has 2 heterocycles. The first kappa shape index (κ1) is 16.0. The lowest BCUT2D eigenvalue weighted by Gasteiger charge is -2.30. The molecule has 0 radical (unpaired) electrons. The minimum Gasteiger partial charge on any atom is -0.308 e. The Morgan fingerprint density at radius 1 is 1.35 bits per heavy atom. The number of hydrogen-bond donors (Lipinski definition) is 1. The molecule has 0 aromatic carbocycles. The number of thiophene rings is 1. The highest BCUT2D eigenvalue weighted by molar-refractivity contribution is 7.92. The maximum absolute atomic E-state index is 12.4. The van der Waals surface area contributed by atoms with E-state index in [4.69, 9.17) is 0 Å². The van der Waals surface area contributed by atoms with E-state index in [9.17, 15) is 8.42 Å². The van der Waals surface area contributed by atoms with Crippen LogP contribution in [-0.4, -0.2) is 26.0 Å². The van der Waals surface area contributed by atoms with Gasteiger partial charge in [-0.3, -0.25) is 0 Å². The van der Waals surface area contributed by atoms with Crippen LogP contribution in [0.4, 0.5) is 0 Å². The zero-order valence-corrected chi connectivity index (χ0v) is 14.0. The summed E-state index contributed by atoms with van der Waals surface area (Å²) in [6.45, 7) is 5.13. The van der Waals surface area contributed by atoms with Gasteiger partial charge in [-0.05, 0) is 44.4 Å². The standard InChI is InChI=1S/C15H25NO2S2/c1-3-10-16-15(13-9-8-12(4-2)19-13)14-7-5-6-11-20(14,17)18/h8-9,14-16H,3-7,10-11H2,1-2H3. The Morgan fingerprint density at radius 3 is 2.75 bits per heavy atom. The first-order valence-corrected chi connectivity index (χ1v) is 10.1. The van der Waals surface area contributed by atoms with Crippen LogP contribution in [0.3, 0.4) is 0 Å². The topological polar surface area (TPSA) is 46.2 Å². The van der Waals surface area contributed by atoms with Crippen molar-refractivity contribution in [2.24, 2.45) is 0 Å². The zero-order valence-electron chi connectivity index (χ0n) is 12.4. The minimum absolute atomic E-state index is 0.0226. The molecule has 0 spiro atoms. The van der Waals surface area contributed by atoms with Crippen molar-refractivity contribution in [2.45, 2.75) is 57.2 Å². The Hall–Kier alpha value is -0.390. The highest BCUT2D eigenvalue weighted by Gasteiger charge is 2.36. The molecule has 1 aromatic heterocycles. The van der Waals surface area contributed by atoms with Gasteiger partial charge in [-0.1, -0.05) is 20.3 Å². The Bertz CT molecular complexity index is 522. The van der Waals surface area contributed by atoms with Crippen molar-refractivity contribution in [3.8, 4) is 0 Å². The van der Waals surface area contributed by atoms with E-state index in [1.165, 1.54) is 9.75 Å². The fraction of sp³-hybridized carbons (Fsp3) is 0.733. The fourth-order valence-electron chi connectivity index (χ4n) is 2.82. The number of nitrogens with one attached hydrogen (secondary N) is 1. The lowest BCUT2D eigenvalue weighted by molar-refractivity contribution is 0.451. The van der Waals surface area contributed by atoms with Gasteiger partial charge in [-0.25, -0.2) is 8.42 Å². The van der Waals surface area contributed by atoms with Crippen LogP contribution in [0.2, 0.25) is 0 Å². The maximum atomic E-state index is 12.4. The summed E-state index contributed by atoms with van der Waals surface area (Å²) >= 11 is 1.76. The molecule has 3 nitrogen and oxygen atoms in total. The molecule has 1 aromatic rings. The quantitative estimate of drug-likeness (QED) is 0.876. The van der Waals surface area contributed by atoms with Crippen molar-refractivity contribution in [1.82, 2.24) is 5.32 Å². The van der Waals surface area contributed by atoms with Crippen LogP contribution in [0.25, 0.3) is 0 Å². The van der Waals surface area contributed by atoms with Crippen LogP contribution in [0, 0.1) is 0 Å². The van der Waals surface area contributed by atoms with Gasteiger partial charge >= 0.3 is 0 Å². The Morgan fingerprint density at radius 2 is 2.15 bits per heavy atom. The summed E-state index contributed by atoms with van der Waals surface area (Å²) in [7, 11) is -2.95. The number of hydrogen-bond acceptors (Lipinski definition) is 4. The summed E-state index contributed by atoms with van der Waals surface area (Å²) in [6.07, 6.45) is 4.69. The fourth-order valence-corrected chi connectivity index (χ4v) is 6.09. The minimum atomic E-state index is -2.95. The molecular weight excluding hydrogens is 290 g/mol. The molecule has 1 fully saturated rings. The molecule has 1 N–H and O–H groups in total. The Kier molecular flexibility index (Phi) is 5.64. The summed E-state index contributed by atoms with van der Waals surface area (Å²) in [4.78, 5) is 2.52. The van der Waals surface area contributed by atoms with Crippen molar-refractivity contribution in [3.63, 3.8) is 0 Å². The zero-order chi connectivity index (χ0) is 14.6. The number of aryl methyl sites for hydroxylation is 1. The van der Waals surface area contributed by atoms with Crippen LogP contribution in [0.5, 0.6) is 0 Å². The van der Waals surface area contributed by atoms with Crippen LogP contribution in [0.15, 0.2) is 12.1 Å². The second-order valence-corrected chi connectivity index (χ2v) is 9.03. The average molecular weight is 316 g/mol. The molecule has 1 saturated heterocycles. The van der Waals surface area contributed by atoms with Crippen LogP contribution >= 0.6 is 11.3 Å². The van der Waals surface area contributed by atoms with Crippen molar-refractivity contribution < 1.29 is 8.42 Å². The normalized spacial score (nSPS) is 23.6. The van der Waals surface area contributed by atoms with Gasteiger partial charge in [0.25, 0.3) is 0 Å². The van der Waals surface area contributed by atoms with Gasteiger partial charge in [-0.2, -0.15) is 0 Å². The molecular formula is C15H25NO2S2. The predicted octanol–water partition coefficient (Wildman–Crippen LogP) is 3.32. The summed E-state index contributed by atoms with van der Waals surface area (Å²) in [6, 6.07) is 4.22. The largest absolute Gasteiger partial charge is 0.308 e. The van der Waals surface area contributed by atoms with Gasteiger partial charge in [0.05, 0.1) is 17.0 Å². The van der Waals surface area contributed by atoms with E-state index in [1.54, 1.807) is 11.3 Å². The number of rotatable bonds is 6. The van der Waals surface area contributed by atoms with E-state index < -0.39 is 9.84 Å². The molecule has 20 heavy (non-hydrogen) atoms. The second kappa shape index (κ2) is 7.05. The third-order valence-electron chi connectivity index (χ3n) is 3.95. The molecule has 2 atom stereocenters. The molecule has 0 aliphatic carbocycles. The smallest absolute Gasteiger partial charge is 0.155 e. The van der Waals surface area contributed by atoms with E-state index in [0.29, 0.717) is 5.75 Å². The van der Waals surface area contributed by atoms with Crippen LogP contribution < -0.4 is 5.32 Å². The van der Waals surface area contributed by atoms with Crippen molar-refractivity contribution in [1.29, 1.82) is 0 Å². The van der Waals surface area contributed by atoms with Gasteiger partial charge in [0.1, 0.15) is 0 Å². The maximum Gasteiger partial charge on any atom is 0.155 e. The monoisotopic (exact) mass is 315 g/mol. The first-order chi connectivity index (χ1) is 9.58. The summed E-state index contributed by atoms with van der Waals surface area (Å²) in [5.41, 5.74) is 0. The molecule has 2 unspecified atom stereocenters. The molecule has 0 bridgehead atoms. The molecule has 0 amide bonds. The lowest BCUT2D eigenvalue weighted by atomic mass is 10.1. The van der Waals surface area contributed by atoms with E-state index >= 15 is 0 Å². The SMILES string of the molecule is CCCNC(c1ccc(CC)s1)C1CCCCS1(=O)=O. The molecule has 114 valence electrons. The summed E-state index contributed by atoms with van der Waals surface area (Å²) in [5.74, 6) is 0.355.